The summed E-state index contributed by atoms with van der Waals surface area (Å²) >= 11 is 0. The van der Waals surface area contributed by atoms with Gasteiger partial charge in [0.25, 0.3) is 0 Å². The van der Waals surface area contributed by atoms with Crippen molar-refractivity contribution < 1.29 is 0 Å². The van der Waals surface area contributed by atoms with E-state index >= 15 is 0 Å². The molecule has 2 aliphatic rings. The summed E-state index contributed by atoms with van der Waals surface area (Å²) in [5, 5.41) is 3.57. The van der Waals surface area contributed by atoms with Gasteiger partial charge >= 0.3 is 0 Å². The van der Waals surface area contributed by atoms with Crippen molar-refractivity contribution in [1.82, 2.24) is 10.2 Å². The molecule has 1 atom stereocenters. The predicted octanol–water partition coefficient (Wildman–Crippen LogP) is 2.50. The zero-order chi connectivity index (χ0) is 11.6. The summed E-state index contributed by atoms with van der Waals surface area (Å²) in [6.07, 6.45) is 5.57. The van der Waals surface area contributed by atoms with E-state index in [-0.39, 0.29) is 0 Å². The SMILES string of the molecule is CCCN(CC1(C(C)C)CCNC1)C1CC1. The molecule has 2 rings (SSSR count). The summed E-state index contributed by atoms with van der Waals surface area (Å²) < 4.78 is 0. The van der Waals surface area contributed by atoms with Crippen LogP contribution in [-0.4, -0.2) is 37.1 Å². The van der Waals surface area contributed by atoms with Gasteiger partial charge in [-0.15, -0.1) is 0 Å². The third-order valence-electron chi connectivity index (χ3n) is 4.59. The second-order valence-corrected chi connectivity index (χ2v) is 6.15. The molecule has 0 aromatic heterocycles. The van der Waals surface area contributed by atoms with E-state index in [2.05, 4.69) is 31.0 Å². The highest BCUT2D eigenvalue weighted by atomic mass is 15.2. The van der Waals surface area contributed by atoms with Crippen molar-refractivity contribution >= 4 is 0 Å². The summed E-state index contributed by atoms with van der Waals surface area (Å²) in [5.74, 6) is 0.806. The third kappa shape index (κ3) is 2.60. The minimum Gasteiger partial charge on any atom is -0.316 e. The highest BCUT2D eigenvalue weighted by Gasteiger charge is 2.41. The molecular formula is C14H28N2. The quantitative estimate of drug-likeness (QED) is 0.746. The zero-order valence-corrected chi connectivity index (χ0v) is 11.3. The van der Waals surface area contributed by atoms with Crippen LogP contribution in [0.1, 0.15) is 46.5 Å². The van der Waals surface area contributed by atoms with Gasteiger partial charge in [0.1, 0.15) is 0 Å². The number of hydrogen-bond donors (Lipinski definition) is 1. The Balaban J connectivity index is 1.97. The van der Waals surface area contributed by atoms with Crippen LogP contribution in [0.3, 0.4) is 0 Å². The molecule has 94 valence electrons. The molecule has 1 aliphatic heterocycles. The van der Waals surface area contributed by atoms with E-state index in [1.807, 2.05) is 0 Å². The molecule has 0 spiro atoms. The van der Waals surface area contributed by atoms with Gasteiger partial charge in [0.15, 0.2) is 0 Å². The van der Waals surface area contributed by atoms with Crippen molar-refractivity contribution in [3.8, 4) is 0 Å². The average Bonchev–Trinajstić information content (AvgIpc) is 2.98. The fourth-order valence-electron chi connectivity index (χ4n) is 3.10. The molecule has 0 aromatic rings. The van der Waals surface area contributed by atoms with Crippen LogP contribution in [0.15, 0.2) is 0 Å². The summed E-state index contributed by atoms with van der Waals surface area (Å²) in [5.41, 5.74) is 0.553. The monoisotopic (exact) mass is 224 g/mol. The van der Waals surface area contributed by atoms with Crippen LogP contribution in [0.2, 0.25) is 0 Å². The molecule has 0 amide bonds. The van der Waals surface area contributed by atoms with Gasteiger partial charge in [-0.1, -0.05) is 20.8 Å². The van der Waals surface area contributed by atoms with Crippen LogP contribution < -0.4 is 5.32 Å². The molecule has 1 unspecified atom stereocenters. The van der Waals surface area contributed by atoms with E-state index in [0.717, 1.165) is 12.0 Å². The Kier molecular flexibility index (Phi) is 3.91. The molecule has 1 N–H and O–H groups in total. The lowest BCUT2D eigenvalue weighted by Gasteiger charge is -2.38. The van der Waals surface area contributed by atoms with E-state index < -0.39 is 0 Å². The molecule has 16 heavy (non-hydrogen) atoms. The number of nitrogens with zero attached hydrogens (tertiary/aromatic N) is 1. The van der Waals surface area contributed by atoms with Gasteiger partial charge in [0.2, 0.25) is 0 Å². The lowest BCUT2D eigenvalue weighted by molar-refractivity contribution is 0.112. The van der Waals surface area contributed by atoms with Crippen molar-refractivity contribution in [2.75, 3.05) is 26.2 Å². The summed E-state index contributed by atoms with van der Waals surface area (Å²) in [6.45, 7) is 12.2. The number of nitrogens with one attached hydrogen (secondary N) is 1. The van der Waals surface area contributed by atoms with Crippen molar-refractivity contribution in [2.45, 2.75) is 52.5 Å². The van der Waals surface area contributed by atoms with Gasteiger partial charge in [-0.25, -0.2) is 0 Å². The molecular weight excluding hydrogens is 196 g/mol. The molecule has 2 fully saturated rings. The Labute approximate surface area is 101 Å². The van der Waals surface area contributed by atoms with Crippen molar-refractivity contribution in [2.24, 2.45) is 11.3 Å². The summed E-state index contributed by atoms with van der Waals surface area (Å²) in [4.78, 5) is 2.77. The molecule has 0 bridgehead atoms. The van der Waals surface area contributed by atoms with Gasteiger partial charge in [-0.2, -0.15) is 0 Å². The normalized spacial score (nSPS) is 30.6. The van der Waals surface area contributed by atoms with E-state index in [9.17, 15) is 0 Å². The second-order valence-electron chi connectivity index (χ2n) is 6.15. The molecule has 0 radical (unpaired) electrons. The van der Waals surface area contributed by atoms with Crippen molar-refractivity contribution in [3.63, 3.8) is 0 Å². The Hall–Kier alpha value is -0.0800. The van der Waals surface area contributed by atoms with Crippen LogP contribution in [0.5, 0.6) is 0 Å². The van der Waals surface area contributed by atoms with Crippen LogP contribution in [0.25, 0.3) is 0 Å². The second kappa shape index (κ2) is 5.05. The standard InChI is InChI=1S/C14H28N2/c1-4-9-16(13-5-6-13)11-14(12(2)3)7-8-15-10-14/h12-13,15H,4-11H2,1-3H3. The number of rotatable bonds is 6. The van der Waals surface area contributed by atoms with E-state index in [4.69, 9.17) is 0 Å². The zero-order valence-electron chi connectivity index (χ0n) is 11.3. The minimum atomic E-state index is 0.553. The molecule has 1 heterocycles. The highest BCUT2D eigenvalue weighted by molar-refractivity contribution is 4.96. The van der Waals surface area contributed by atoms with Gasteiger partial charge < -0.3 is 5.32 Å². The van der Waals surface area contributed by atoms with Gasteiger partial charge in [0, 0.05) is 19.1 Å². The highest BCUT2D eigenvalue weighted by Crippen LogP contribution is 2.38. The van der Waals surface area contributed by atoms with Crippen LogP contribution in [0, 0.1) is 11.3 Å². The molecule has 1 saturated heterocycles. The van der Waals surface area contributed by atoms with Crippen LogP contribution in [0.4, 0.5) is 0 Å². The molecule has 2 heteroatoms. The first-order chi connectivity index (χ1) is 7.68. The maximum Gasteiger partial charge on any atom is 0.00966 e. The summed E-state index contributed by atoms with van der Waals surface area (Å²) in [6, 6.07) is 0.927. The molecule has 2 nitrogen and oxygen atoms in total. The predicted molar refractivity (Wildman–Crippen MR) is 69.6 cm³/mol. The first-order valence-corrected chi connectivity index (χ1v) is 7.13. The lowest BCUT2D eigenvalue weighted by Crippen LogP contribution is -2.44. The van der Waals surface area contributed by atoms with Gasteiger partial charge in [-0.05, 0) is 50.1 Å². The first kappa shape index (κ1) is 12.4. The first-order valence-electron chi connectivity index (χ1n) is 7.13. The molecule has 1 aliphatic carbocycles. The third-order valence-corrected chi connectivity index (χ3v) is 4.59. The van der Waals surface area contributed by atoms with E-state index in [1.165, 1.54) is 51.9 Å². The fraction of sp³-hybridized carbons (Fsp3) is 1.00. The van der Waals surface area contributed by atoms with Gasteiger partial charge in [0.05, 0.1) is 0 Å². The fourth-order valence-corrected chi connectivity index (χ4v) is 3.10. The largest absolute Gasteiger partial charge is 0.316 e. The van der Waals surface area contributed by atoms with E-state index in [0.29, 0.717) is 5.41 Å². The van der Waals surface area contributed by atoms with E-state index in [1.54, 1.807) is 0 Å². The molecule has 0 aromatic carbocycles. The van der Waals surface area contributed by atoms with Crippen molar-refractivity contribution in [1.29, 1.82) is 0 Å². The topological polar surface area (TPSA) is 15.3 Å². The molecule has 1 saturated carbocycles. The van der Waals surface area contributed by atoms with Crippen molar-refractivity contribution in [3.05, 3.63) is 0 Å². The Morgan fingerprint density at radius 3 is 2.56 bits per heavy atom. The van der Waals surface area contributed by atoms with Gasteiger partial charge in [-0.3, -0.25) is 4.90 Å². The Morgan fingerprint density at radius 1 is 1.38 bits per heavy atom. The minimum absolute atomic E-state index is 0.553. The number of hydrogen-bond acceptors (Lipinski definition) is 2. The maximum atomic E-state index is 3.57. The van der Waals surface area contributed by atoms with Crippen LogP contribution in [-0.2, 0) is 0 Å². The Bertz CT molecular complexity index is 215. The van der Waals surface area contributed by atoms with Crippen LogP contribution >= 0.6 is 0 Å². The summed E-state index contributed by atoms with van der Waals surface area (Å²) in [7, 11) is 0. The lowest BCUT2D eigenvalue weighted by atomic mass is 9.76. The smallest absolute Gasteiger partial charge is 0.00966 e. The average molecular weight is 224 g/mol. The maximum absolute atomic E-state index is 3.57. The Morgan fingerprint density at radius 2 is 2.12 bits per heavy atom.